The van der Waals surface area contributed by atoms with Crippen LogP contribution in [0.15, 0.2) is 11.6 Å². The van der Waals surface area contributed by atoms with Crippen LogP contribution in [-0.2, 0) is 0 Å². The second-order valence-corrected chi connectivity index (χ2v) is 5.87. The van der Waals surface area contributed by atoms with Crippen LogP contribution in [0.25, 0.3) is 0 Å². The van der Waals surface area contributed by atoms with Crippen LogP contribution in [0.4, 0.5) is 0 Å². The van der Waals surface area contributed by atoms with Crippen LogP contribution in [0.2, 0.25) is 0 Å². The lowest BCUT2D eigenvalue weighted by Gasteiger charge is -2.39. The first-order valence-electron chi connectivity index (χ1n) is 5.69. The zero-order valence-corrected chi connectivity index (χ0v) is 10.1. The molecule has 0 amide bonds. The van der Waals surface area contributed by atoms with Crippen LogP contribution >= 0.6 is 0 Å². The molecular weight excluding hydrogens is 172 g/mol. The zero-order chi connectivity index (χ0) is 10.8. The van der Waals surface area contributed by atoms with Gasteiger partial charge in [-0.1, -0.05) is 25.5 Å². The molecule has 1 heteroatoms. The number of hydrogen-bond donors (Lipinski definition) is 1. The normalized spacial score (nSPS) is 24.4. The largest absolute Gasteiger partial charge is 0.390 e. The molecule has 0 aromatic rings. The Balaban J connectivity index is 2.49. The molecular formula is C13H24O. The van der Waals surface area contributed by atoms with Gasteiger partial charge in [-0.25, -0.2) is 0 Å². The molecule has 0 heterocycles. The Morgan fingerprint density at radius 2 is 1.64 bits per heavy atom. The Morgan fingerprint density at radius 3 is 2.07 bits per heavy atom. The van der Waals surface area contributed by atoms with Crippen molar-refractivity contribution in [1.82, 2.24) is 0 Å². The summed E-state index contributed by atoms with van der Waals surface area (Å²) >= 11 is 0. The van der Waals surface area contributed by atoms with E-state index in [1.54, 1.807) is 0 Å². The highest BCUT2D eigenvalue weighted by molar-refractivity contribution is 5.00. The summed E-state index contributed by atoms with van der Waals surface area (Å²) in [5.41, 5.74) is 1.34. The lowest BCUT2D eigenvalue weighted by Crippen LogP contribution is -2.36. The third-order valence-corrected chi connectivity index (χ3v) is 3.42. The fourth-order valence-electron chi connectivity index (χ4n) is 1.99. The van der Waals surface area contributed by atoms with E-state index in [-0.39, 0.29) is 0 Å². The monoisotopic (exact) mass is 196 g/mol. The predicted octanol–water partition coefficient (Wildman–Crippen LogP) is 3.67. The minimum Gasteiger partial charge on any atom is -0.390 e. The number of aliphatic hydroxyl groups is 1. The molecule has 1 N–H and O–H groups in total. The van der Waals surface area contributed by atoms with Crippen molar-refractivity contribution in [1.29, 1.82) is 0 Å². The van der Waals surface area contributed by atoms with Crippen molar-refractivity contribution in [3.63, 3.8) is 0 Å². The van der Waals surface area contributed by atoms with E-state index >= 15 is 0 Å². The SMILES string of the molecule is CC(C)=CCC1(O)CCC(C)(C)CC1. The minimum atomic E-state index is -0.410. The first-order chi connectivity index (χ1) is 6.33. The van der Waals surface area contributed by atoms with Crippen LogP contribution < -0.4 is 0 Å². The average molecular weight is 196 g/mol. The van der Waals surface area contributed by atoms with E-state index in [1.807, 2.05) is 0 Å². The molecule has 1 aliphatic rings. The molecule has 0 unspecified atom stereocenters. The second kappa shape index (κ2) is 4.06. The lowest BCUT2D eigenvalue weighted by molar-refractivity contribution is -0.0231. The molecule has 1 nitrogen and oxygen atoms in total. The van der Waals surface area contributed by atoms with Crippen molar-refractivity contribution in [2.75, 3.05) is 0 Å². The maximum atomic E-state index is 10.3. The van der Waals surface area contributed by atoms with Crippen LogP contribution in [-0.4, -0.2) is 10.7 Å². The Hall–Kier alpha value is -0.300. The van der Waals surface area contributed by atoms with Crippen molar-refractivity contribution >= 4 is 0 Å². The van der Waals surface area contributed by atoms with Gasteiger partial charge in [0.25, 0.3) is 0 Å². The number of rotatable bonds is 2. The molecule has 1 rings (SSSR count). The summed E-state index contributed by atoms with van der Waals surface area (Å²) in [6.45, 7) is 8.78. The molecule has 0 aromatic heterocycles. The molecule has 0 aromatic carbocycles. The number of hydrogen-bond acceptors (Lipinski definition) is 1. The Morgan fingerprint density at radius 1 is 1.14 bits per heavy atom. The maximum Gasteiger partial charge on any atom is 0.0682 e. The summed E-state index contributed by atoms with van der Waals surface area (Å²) in [7, 11) is 0. The molecule has 0 saturated heterocycles. The van der Waals surface area contributed by atoms with E-state index in [1.165, 1.54) is 5.57 Å². The van der Waals surface area contributed by atoms with Gasteiger partial charge in [-0.3, -0.25) is 0 Å². The van der Waals surface area contributed by atoms with Gasteiger partial charge >= 0.3 is 0 Å². The minimum absolute atomic E-state index is 0.410. The molecule has 0 bridgehead atoms. The van der Waals surface area contributed by atoms with E-state index in [0.29, 0.717) is 5.41 Å². The van der Waals surface area contributed by atoms with Crippen molar-refractivity contribution in [2.24, 2.45) is 5.41 Å². The van der Waals surface area contributed by atoms with Gasteiger partial charge in [-0.15, -0.1) is 0 Å². The van der Waals surface area contributed by atoms with Gasteiger partial charge in [0, 0.05) is 0 Å². The molecule has 1 fully saturated rings. The van der Waals surface area contributed by atoms with Gasteiger partial charge in [0.1, 0.15) is 0 Å². The van der Waals surface area contributed by atoms with Crippen molar-refractivity contribution in [3.8, 4) is 0 Å². The summed E-state index contributed by atoms with van der Waals surface area (Å²) < 4.78 is 0. The fourth-order valence-corrected chi connectivity index (χ4v) is 1.99. The third-order valence-electron chi connectivity index (χ3n) is 3.42. The molecule has 1 aliphatic carbocycles. The van der Waals surface area contributed by atoms with E-state index in [4.69, 9.17) is 0 Å². The van der Waals surface area contributed by atoms with Crippen LogP contribution in [0.5, 0.6) is 0 Å². The second-order valence-electron chi connectivity index (χ2n) is 5.87. The topological polar surface area (TPSA) is 20.2 Å². The van der Waals surface area contributed by atoms with Gasteiger partial charge in [-0.2, -0.15) is 0 Å². The Kier molecular flexibility index (Phi) is 3.41. The van der Waals surface area contributed by atoms with E-state index < -0.39 is 5.60 Å². The first-order valence-corrected chi connectivity index (χ1v) is 5.69. The van der Waals surface area contributed by atoms with Crippen molar-refractivity contribution < 1.29 is 5.11 Å². The standard InChI is InChI=1S/C13H24O/c1-11(2)5-6-13(14)9-7-12(3,4)8-10-13/h5,14H,6-10H2,1-4H3. The van der Waals surface area contributed by atoms with Crippen LogP contribution in [0.1, 0.15) is 59.8 Å². The molecule has 82 valence electrons. The smallest absolute Gasteiger partial charge is 0.0682 e. The third kappa shape index (κ3) is 3.45. The molecule has 14 heavy (non-hydrogen) atoms. The fraction of sp³-hybridized carbons (Fsp3) is 0.846. The van der Waals surface area contributed by atoms with E-state index in [2.05, 4.69) is 33.8 Å². The summed E-state index contributed by atoms with van der Waals surface area (Å²) in [5.74, 6) is 0. The Labute approximate surface area is 88.2 Å². The highest BCUT2D eigenvalue weighted by Gasteiger charge is 2.35. The summed E-state index contributed by atoms with van der Waals surface area (Å²) in [6.07, 6.45) is 7.23. The van der Waals surface area contributed by atoms with Gasteiger partial charge in [0.2, 0.25) is 0 Å². The predicted molar refractivity (Wildman–Crippen MR) is 61.2 cm³/mol. The van der Waals surface area contributed by atoms with Crippen molar-refractivity contribution in [2.45, 2.75) is 65.4 Å². The Bertz CT molecular complexity index is 211. The van der Waals surface area contributed by atoms with Crippen LogP contribution in [0.3, 0.4) is 0 Å². The summed E-state index contributed by atoms with van der Waals surface area (Å²) in [6, 6.07) is 0. The summed E-state index contributed by atoms with van der Waals surface area (Å²) in [5, 5.41) is 10.3. The number of allylic oxidation sites excluding steroid dienone is 1. The van der Waals surface area contributed by atoms with Crippen molar-refractivity contribution in [3.05, 3.63) is 11.6 Å². The highest BCUT2D eigenvalue weighted by Crippen LogP contribution is 2.41. The van der Waals surface area contributed by atoms with E-state index in [9.17, 15) is 5.11 Å². The van der Waals surface area contributed by atoms with Gasteiger partial charge < -0.3 is 5.11 Å². The van der Waals surface area contributed by atoms with Gasteiger partial charge in [0.05, 0.1) is 5.60 Å². The van der Waals surface area contributed by atoms with Gasteiger partial charge in [-0.05, 0) is 51.4 Å². The quantitative estimate of drug-likeness (QED) is 0.668. The maximum absolute atomic E-state index is 10.3. The zero-order valence-electron chi connectivity index (χ0n) is 10.1. The summed E-state index contributed by atoms with van der Waals surface area (Å²) in [4.78, 5) is 0. The average Bonchev–Trinajstić information content (AvgIpc) is 2.08. The molecule has 0 radical (unpaired) electrons. The molecule has 0 aliphatic heterocycles. The lowest BCUT2D eigenvalue weighted by atomic mass is 9.70. The van der Waals surface area contributed by atoms with Crippen LogP contribution in [0, 0.1) is 5.41 Å². The molecule has 0 spiro atoms. The first kappa shape index (κ1) is 11.8. The molecule has 0 atom stereocenters. The van der Waals surface area contributed by atoms with E-state index in [0.717, 1.165) is 32.1 Å². The highest BCUT2D eigenvalue weighted by atomic mass is 16.3. The molecule has 1 saturated carbocycles. The van der Waals surface area contributed by atoms with Gasteiger partial charge in [0.15, 0.2) is 0 Å².